The van der Waals surface area contributed by atoms with Crippen LogP contribution in [0.5, 0.6) is 0 Å². The molecule has 0 bridgehead atoms. The maximum absolute atomic E-state index is 12.3. The summed E-state index contributed by atoms with van der Waals surface area (Å²) >= 11 is 0. The fourth-order valence-electron chi connectivity index (χ4n) is 3.48. The van der Waals surface area contributed by atoms with E-state index in [1.165, 1.54) is 6.20 Å². The fourth-order valence-corrected chi connectivity index (χ4v) is 3.48. The Hall–Kier alpha value is -2.18. The molecule has 2 aromatic rings. The van der Waals surface area contributed by atoms with E-state index in [2.05, 4.69) is 17.3 Å². The van der Waals surface area contributed by atoms with Gasteiger partial charge in [-0.1, -0.05) is 35.5 Å². The zero-order valence-corrected chi connectivity index (χ0v) is 13.4. The summed E-state index contributed by atoms with van der Waals surface area (Å²) < 4.78 is 17.0. The monoisotopic (exact) mass is 328 g/mol. The Balaban J connectivity index is 1.32. The molecule has 0 aliphatic carbocycles. The third-order valence-corrected chi connectivity index (χ3v) is 4.76. The van der Waals surface area contributed by atoms with E-state index >= 15 is 0 Å². The number of carbonyl (C=O) groups excluding carboxylic acids is 1. The molecule has 2 atom stereocenters. The summed E-state index contributed by atoms with van der Waals surface area (Å²) in [5, 5.41) is 3.60. The minimum Gasteiger partial charge on any atom is -0.371 e. The van der Waals surface area contributed by atoms with Gasteiger partial charge in [0.1, 0.15) is 0 Å². The summed E-state index contributed by atoms with van der Waals surface area (Å²) in [6.07, 6.45) is 3.21. The van der Waals surface area contributed by atoms with Crippen LogP contribution in [0, 0.1) is 0 Å². The van der Waals surface area contributed by atoms with E-state index < -0.39 is 0 Å². The number of ether oxygens (including phenoxy) is 2. The van der Waals surface area contributed by atoms with Crippen LogP contribution in [-0.2, 0) is 16.1 Å². The van der Waals surface area contributed by atoms with Crippen molar-refractivity contribution in [2.75, 3.05) is 19.7 Å². The second-order valence-electron chi connectivity index (χ2n) is 6.47. The van der Waals surface area contributed by atoms with Gasteiger partial charge >= 0.3 is 0 Å². The average molecular weight is 328 g/mol. The Bertz CT molecular complexity index is 688. The molecule has 1 spiro atoms. The molecule has 0 radical (unpaired) electrons. The fraction of sp³-hybridized carbons (Fsp3) is 0.444. The van der Waals surface area contributed by atoms with Crippen molar-refractivity contribution >= 4 is 5.91 Å². The molecule has 2 fully saturated rings. The van der Waals surface area contributed by atoms with Gasteiger partial charge in [0.2, 0.25) is 5.76 Å². The standard InChI is InChI=1S/C18H20N2O4/c21-17(16-6-8-19-24-16)20-9-7-18(13-20)10-15(12-23-18)22-11-14-4-2-1-3-5-14/h1-6,8,15H,7,9-13H2/t15-,18-/m0/s1. The Kier molecular flexibility index (Phi) is 4.08. The Morgan fingerprint density at radius 3 is 3.00 bits per heavy atom. The molecule has 6 heteroatoms. The van der Waals surface area contributed by atoms with Gasteiger partial charge in [-0.3, -0.25) is 4.79 Å². The van der Waals surface area contributed by atoms with Crippen LogP contribution < -0.4 is 0 Å². The van der Waals surface area contributed by atoms with Crippen molar-refractivity contribution in [3.8, 4) is 0 Å². The number of likely N-dealkylation sites (tertiary alicyclic amines) is 1. The smallest absolute Gasteiger partial charge is 0.292 e. The number of amides is 1. The third-order valence-electron chi connectivity index (χ3n) is 4.76. The topological polar surface area (TPSA) is 64.8 Å². The zero-order chi connectivity index (χ0) is 16.4. The number of hydrogen-bond donors (Lipinski definition) is 0. The predicted octanol–water partition coefficient (Wildman–Crippen LogP) is 2.27. The zero-order valence-electron chi connectivity index (χ0n) is 13.4. The highest BCUT2D eigenvalue weighted by molar-refractivity contribution is 5.91. The SMILES string of the molecule is O=C(c1ccno1)N1CC[C@]2(C[C@H](OCc3ccccc3)CO2)C1. The van der Waals surface area contributed by atoms with Crippen LogP contribution in [0.15, 0.2) is 47.1 Å². The molecule has 0 N–H and O–H groups in total. The molecular formula is C18H20N2O4. The largest absolute Gasteiger partial charge is 0.371 e. The number of hydrogen-bond acceptors (Lipinski definition) is 5. The lowest BCUT2D eigenvalue weighted by molar-refractivity contribution is 0.0000650. The third kappa shape index (κ3) is 3.07. The minimum absolute atomic E-state index is 0.0746. The van der Waals surface area contributed by atoms with Crippen molar-refractivity contribution < 1.29 is 18.8 Å². The minimum atomic E-state index is -0.281. The van der Waals surface area contributed by atoms with E-state index in [0.717, 1.165) is 18.4 Å². The molecule has 3 heterocycles. The van der Waals surface area contributed by atoms with Crippen molar-refractivity contribution in [1.82, 2.24) is 10.1 Å². The summed E-state index contributed by atoms with van der Waals surface area (Å²) in [6.45, 7) is 2.42. The summed E-state index contributed by atoms with van der Waals surface area (Å²) in [7, 11) is 0. The normalized spacial score (nSPS) is 26.3. The molecule has 0 unspecified atom stereocenters. The Labute approximate surface area is 140 Å². The Morgan fingerprint density at radius 2 is 2.21 bits per heavy atom. The van der Waals surface area contributed by atoms with Crippen LogP contribution >= 0.6 is 0 Å². The first-order chi connectivity index (χ1) is 11.7. The first kappa shape index (κ1) is 15.4. The van der Waals surface area contributed by atoms with Crippen molar-refractivity contribution in [2.24, 2.45) is 0 Å². The molecule has 6 nitrogen and oxygen atoms in total. The first-order valence-electron chi connectivity index (χ1n) is 8.24. The van der Waals surface area contributed by atoms with Crippen molar-refractivity contribution in [3.63, 3.8) is 0 Å². The molecular weight excluding hydrogens is 308 g/mol. The van der Waals surface area contributed by atoms with Crippen LogP contribution in [0.1, 0.15) is 29.0 Å². The van der Waals surface area contributed by atoms with Crippen molar-refractivity contribution in [3.05, 3.63) is 53.9 Å². The highest BCUT2D eigenvalue weighted by atomic mass is 16.6. The first-order valence-corrected chi connectivity index (χ1v) is 8.24. The number of carbonyl (C=O) groups is 1. The molecule has 126 valence electrons. The Morgan fingerprint density at radius 1 is 1.33 bits per heavy atom. The quantitative estimate of drug-likeness (QED) is 0.861. The van der Waals surface area contributed by atoms with Crippen LogP contribution in [0.25, 0.3) is 0 Å². The van der Waals surface area contributed by atoms with Gasteiger partial charge in [-0.15, -0.1) is 0 Å². The van der Waals surface area contributed by atoms with E-state index in [9.17, 15) is 4.79 Å². The second-order valence-corrected chi connectivity index (χ2v) is 6.47. The maximum atomic E-state index is 12.3. The lowest BCUT2D eigenvalue weighted by Crippen LogP contribution is -2.36. The lowest BCUT2D eigenvalue weighted by Gasteiger charge is -2.22. The second kappa shape index (κ2) is 6.37. The van der Waals surface area contributed by atoms with Gasteiger partial charge in [0, 0.05) is 19.0 Å². The van der Waals surface area contributed by atoms with Gasteiger partial charge < -0.3 is 18.9 Å². The van der Waals surface area contributed by atoms with Gasteiger partial charge in [-0.2, -0.15) is 0 Å². The summed E-state index contributed by atoms with van der Waals surface area (Å²) in [6, 6.07) is 11.7. The van der Waals surface area contributed by atoms with Gasteiger partial charge in [-0.25, -0.2) is 0 Å². The van der Waals surface area contributed by atoms with Crippen LogP contribution in [0.3, 0.4) is 0 Å². The maximum Gasteiger partial charge on any atom is 0.292 e. The highest BCUT2D eigenvalue weighted by Crippen LogP contribution is 2.37. The molecule has 2 aliphatic heterocycles. The van der Waals surface area contributed by atoms with Gasteiger partial charge in [0.05, 0.1) is 37.7 Å². The predicted molar refractivity (Wildman–Crippen MR) is 85.3 cm³/mol. The highest BCUT2D eigenvalue weighted by Gasteiger charge is 2.47. The molecule has 1 amide bonds. The van der Waals surface area contributed by atoms with Crippen molar-refractivity contribution in [1.29, 1.82) is 0 Å². The van der Waals surface area contributed by atoms with Crippen LogP contribution in [-0.4, -0.2) is 47.4 Å². The molecule has 4 rings (SSSR count). The molecule has 1 aromatic carbocycles. The number of aromatic nitrogens is 1. The van der Waals surface area contributed by atoms with E-state index in [1.54, 1.807) is 11.0 Å². The van der Waals surface area contributed by atoms with E-state index in [0.29, 0.717) is 26.3 Å². The molecule has 2 saturated heterocycles. The van der Waals surface area contributed by atoms with Gasteiger partial charge in [0.25, 0.3) is 5.91 Å². The van der Waals surface area contributed by atoms with E-state index in [1.807, 2.05) is 18.2 Å². The molecule has 2 aliphatic rings. The summed E-state index contributed by atoms with van der Waals surface area (Å²) in [4.78, 5) is 14.1. The summed E-state index contributed by atoms with van der Waals surface area (Å²) in [5.74, 6) is 0.156. The van der Waals surface area contributed by atoms with E-state index in [-0.39, 0.29) is 23.4 Å². The molecule has 1 aromatic heterocycles. The molecule has 0 saturated carbocycles. The number of benzene rings is 1. The average Bonchev–Trinajstić information content (AvgIpc) is 3.36. The van der Waals surface area contributed by atoms with Crippen LogP contribution in [0.4, 0.5) is 0 Å². The number of rotatable bonds is 4. The lowest BCUT2D eigenvalue weighted by atomic mass is 9.98. The summed E-state index contributed by atoms with van der Waals surface area (Å²) in [5.41, 5.74) is 0.879. The molecule has 24 heavy (non-hydrogen) atoms. The number of nitrogens with zero attached hydrogens (tertiary/aromatic N) is 2. The van der Waals surface area contributed by atoms with Crippen molar-refractivity contribution in [2.45, 2.75) is 31.2 Å². The van der Waals surface area contributed by atoms with Gasteiger partial charge in [-0.05, 0) is 12.0 Å². The van der Waals surface area contributed by atoms with E-state index in [4.69, 9.17) is 14.0 Å². The van der Waals surface area contributed by atoms with Gasteiger partial charge in [0.15, 0.2) is 0 Å². The van der Waals surface area contributed by atoms with Crippen LogP contribution in [0.2, 0.25) is 0 Å².